The number of benzene rings is 1. The minimum absolute atomic E-state index is 0.230. The van der Waals surface area contributed by atoms with Crippen LogP contribution in [0.5, 0.6) is 0 Å². The molecule has 0 radical (unpaired) electrons. The highest BCUT2D eigenvalue weighted by molar-refractivity contribution is 5.80. The summed E-state index contributed by atoms with van der Waals surface area (Å²) >= 11 is 0. The molecule has 0 bridgehead atoms. The Hall–Kier alpha value is -1.61. The Bertz CT molecular complexity index is 681. The monoisotopic (exact) mass is 286 g/mol. The molecule has 2 heterocycles. The van der Waals surface area contributed by atoms with Gasteiger partial charge in [0.05, 0.1) is 13.1 Å². The van der Waals surface area contributed by atoms with Crippen LogP contribution in [0.3, 0.4) is 0 Å². The number of nitrogens with one attached hydrogen (secondary N) is 1. The molecule has 0 aliphatic carbocycles. The van der Waals surface area contributed by atoms with Crippen molar-refractivity contribution in [3.8, 4) is 0 Å². The molecular weight excluding hydrogens is 262 g/mol. The molecule has 1 aliphatic heterocycles. The number of hydrogen-bond acceptors (Lipinski definition) is 2. The van der Waals surface area contributed by atoms with Gasteiger partial charge in [0.25, 0.3) is 0 Å². The predicted molar refractivity (Wildman–Crippen MR) is 84.8 cm³/mol. The van der Waals surface area contributed by atoms with Gasteiger partial charge in [-0.05, 0) is 42.9 Å². The number of likely N-dealkylation sites (tertiary alicyclic amines) is 1. The van der Waals surface area contributed by atoms with Gasteiger partial charge in [-0.1, -0.05) is 19.9 Å². The van der Waals surface area contributed by atoms with E-state index < -0.39 is 0 Å². The van der Waals surface area contributed by atoms with Gasteiger partial charge in [0.2, 0.25) is 0 Å². The fourth-order valence-corrected chi connectivity index (χ4v) is 3.25. The highest BCUT2D eigenvalue weighted by atomic mass is 16.4. The molecule has 1 aromatic heterocycles. The van der Waals surface area contributed by atoms with E-state index in [1.807, 2.05) is 6.07 Å². The van der Waals surface area contributed by atoms with Gasteiger partial charge in [-0.15, -0.1) is 0 Å². The molecule has 1 aromatic carbocycles. The van der Waals surface area contributed by atoms with Crippen LogP contribution in [0.4, 0.5) is 0 Å². The quantitative estimate of drug-likeness (QED) is 0.880. The number of piperidine rings is 1. The average molecular weight is 286 g/mol. The van der Waals surface area contributed by atoms with E-state index in [2.05, 4.69) is 26.0 Å². The molecule has 1 saturated heterocycles. The van der Waals surface area contributed by atoms with E-state index in [1.165, 1.54) is 37.9 Å². The van der Waals surface area contributed by atoms with E-state index in [-0.39, 0.29) is 5.63 Å². The van der Waals surface area contributed by atoms with Gasteiger partial charge in [0.1, 0.15) is 12.1 Å². The number of quaternary nitrogens is 1. The Labute approximate surface area is 125 Å². The second-order valence-corrected chi connectivity index (χ2v) is 6.49. The topological polar surface area (TPSA) is 34.6 Å². The molecule has 3 nitrogen and oxygen atoms in total. The Balaban J connectivity index is 2.02. The summed E-state index contributed by atoms with van der Waals surface area (Å²) in [7, 11) is 0. The molecule has 1 N–H and O–H groups in total. The molecule has 2 aromatic rings. The van der Waals surface area contributed by atoms with Gasteiger partial charge in [-0.25, -0.2) is 4.79 Å². The van der Waals surface area contributed by atoms with Crippen LogP contribution in [-0.4, -0.2) is 13.1 Å². The van der Waals surface area contributed by atoms with Gasteiger partial charge >= 0.3 is 5.63 Å². The summed E-state index contributed by atoms with van der Waals surface area (Å²) in [4.78, 5) is 13.4. The van der Waals surface area contributed by atoms with Gasteiger partial charge in [0.15, 0.2) is 0 Å². The first-order chi connectivity index (χ1) is 10.1. The molecule has 3 rings (SSSR count). The maximum Gasteiger partial charge on any atom is 0.336 e. The molecule has 3 heteroatoms. The summed E-state index contributed by atoms with van der Waals surface area (Å²) in [6.45, 7) is 7.74. The van der Waals surface area contributed by atoms with Crippen molar-refractivity contribution in [3.05, 3.63) is 45.8 Å². The van der Waals surface area contributed by atoms with Gasteiger partial charge in [-0.2, -0.15) is 0 Å². The predicted octanol–water partition coefficient (Wildman–Crippen LogP) is 2.49. The Morgan fingerprint density at radius 3 is 2.62 bits per heavy atom. The van der Waals surface area contributed by atoms with E-state index in [4.69, 9.17) is 4.42 Å². The fourth-order valence-electron chi connectivity index (χ4n) is 3.25. The van der Waals surface area contributed by atoms with Crippen LogP contribution in [0.25, 0.3) is 11.0 Å². The van der Waals surface area contributed by atoms with Crippen LogP contribution in [0.1, 0.15) is 50.2 Å². The van der Waals surface area contributed by atoms with Crippen molar-refractivity contribution in [1.29, 1.82) is 0 Å². The molecular formula is C18H24NO2+. The van der Waals surface area contributed by atoms with Gasteiger partial charge < -0.3 is 9.32 Å². The minimum Gasteiger partial charge on any atom is -0.423 e. The SMILES string of the molecule is CC(C)c1ccc2oc(=O)cc(C[NH+]3CCCCC3)c2c1. The van der Waals surface area contributed by atoms with Crippen molar-refractivity contribution in [3.63, 3.8) is 0 Å². The second kappa shape index (κ2) is 6.02. The molecule has 0 unspecified atom stereocenters. The van der Waals surface area contributed by atoms with Crippen molar-refractivity contribution in [2.75, 3.05) is 13.1 Å². The molecule has 0 amide bonds. The van der Waals surface area contributed by atoms with Crippen molar-refractivity contribution < 1.29 is 9.32 Å². The van der Waals surface area contributed by atoms with Crippen molar-refractivity contribution in [2.24, 2.45) is 0 Å². The molecule has 0 spiro atoms. The van der Waals surface area contributed by atoms with Crippen molar-refractivity contribution in [1.82, 2.24) is 0 Å². The van der Waals surface area contributed by atoms with E-state index in [9.17, 15) is 4.79 Å². The zero-order valence-corrected chi connectivity index (χ0v) is 12.9. The summed E-state index contributed by atoms with van der Waals surface area (Å²) in [5, 5.41) is 1.11. The smallest absolute Gasteiger partial charge is 0.336 e. The number of rotatable bonds is 3. The lowest BCUT2D eigenvalue weighted by atomic mass is 9.99. The third-order valence-electron chi connectivity index (χ3n) is 4.52. The van der Waals surface area contributed by atoms with Crippen molar-refractivity contribution >= 4 is 11.0 Å². The Kier molecular flexibility index (Phi) is 4.11. The van der Waals surface area contributed by atoms with E-state index >= 15 is 0 Å². The summed E-state index contributed by atoms with van der Waals surface area (Å²) in [6, 6.07) is 7.89. The average Bonchev–Trinajstić information content (AvgIpc) is 2.47. The lowest BCUT2D eigenvalue weighted by molar-refractivity contribution is -0.918. The second-order valence-electron chi connectivity index (χ2n) is 6.49. The Morgan fingerprint density at radius 1 is 1.14 bits per heavy atom. The van der Waals surface area contributed by atoms with Crippen LogP contribution in [0.15, 0.2) is 33.5 Å². The van der Waals surface area contributed by atoms with Crippen LogP contribution in [0.2, 0.25) is 0 Å². The molecule has 1 aliphatic rings. The van der Waals surface area contributed by atoms with Crippen LogP contribution in [-0.2, 0) is 6.54 Å². The standard InChI is InChI=1S/C18H23NO2/c1-13(2)14-6-7-17-16(10-14)15(11-18(20)21-17)12-19-8-4-3-5-9-19/h6-7,10-11,13H,3-5,8-9,12H2,1-2H3/p+1. The van der Waals surface area contributed by atoms with Gasteiger partial charge in [0, 0.05) is 17.0 Å². The lowest BCUT2D eigenvalue weighted by Crippen LogP contribution is -3.11. The van der Waals surface area contributed by atoms with Crippen LogP contribution >= 0.6 is 0 Å². The highest BCUT2D eigenvalue weighted by Gasteiger charge is 2.17. The zero-order valence-electron chi connectivity index (χ0n) is 12.9. The first kappa shape index (κ1) is 14.3. The highest BCUT2D eigenvalue weighted by Crippen LogP contribution is 2.23. The maximum absolute atomic E-state index is 11.8. The number of fused-ring (bicyclic) bond motifs is 1. The lowest BCUT2D eigenvalue weighted by Gasteiger charge is -2.24. The Morgan fingerprint density at radius 2 is 1.90 bits per heavy atom. The third kappa shape index (κ3) is 3.18. The van der Waals surface area contributed by atoms with E-state index in [1.54, 1.807) is 11.0 Å². The molecule has 112 valence electrons. The van der Waals surface area contributed by atoms with Crippen LogP contribution < -0.4 is 10.5 Å². The largest absolute Gasteiger partial charge is 0.423 e. The van der Waals surface area contributed by atoms with E-state index in [0.29, 0.717) is 5.92 Å². The normalized spacial score (nSPS) is 16.7. The fraction of sp³-hybridized carbons (Fsp3) is 0.500. The summed E-state index contributed by atoms with van der Waals surface area (Å²) < 4.78 is 5.36. The third-order valence-corrected chi connectivity index (χ3v) is 4.52. The number of hydrogen-bond donors (Lipinski definition) is 1. The molecule has 0 atom stereocenters. The van der Waals surface area contributed by atoms with E-state index in [0.717, 1.165) is 23.1 Å². The first-order valence-corrected chi connectivity index (χ1v) is 8.04. The van der Waals surface area contributed by atoms with Crippen LogP contribution in [0, 0.1) is 0 Å². The first-order valence-electron chi connectivity index (χ1n) is 8.04. The summed E-state index contributed by atoms with van der Waals surface area (Å²) in [5.41, 5.74) is 2.93. The summed E-state index contributed by atoms with van der Waals surface area (Å²) in [5.74, 6) is 0.483. The molecule has 21 heavy (non-hydrogen) atoms. The summed E-state index contributed by atoms with van der Waals surface area (Å²) in [6.07, 6.45) is 3.94. The van der Waals surface area contributed by atoms with Crippen molar-refractivity contribution in [2.45, 2.75) is 45.6 Å². The van der Waals surface area contributed by atoms with Gasteiger partial charge in [-0.3, -0.25) is 0 Å². The molecule has 0 saturated carbocycles. The zero-order chi connectivity index (χ0) is 14.8. The minimum atomic E-state index is -0.230. The molecule has 1 fully saturated rings. The maximum atomic E-state index is 11.8.